The van der Waals surface area contributed by atoms with Crippen LogP contribution in [-0.2, 0) is 14.3 Å². The summed E-state index contributed by atoms with van der Waals surface area (Å²) in [6.45, 7) is -0.505. The van der Waals surface area contributed by atoms with Gasteiger partial charge in [-0.3, -0.25) is 19.9 Å². The van der Waals surface area contributed by atoms with E-state index in [1.807, 2.05) is 0 Å². The smallest absolute Gasteiger partial charge is 0.276 e. The van der Waals surface area contributed by atoms with Gasteiger partial charge in [-0.05, 0) is 0 Å². The second-order valence-electron chi connectivity index (χ2n) is 5.15. The van der Waals surface area contributed by atoms with Gasteiger partial charge in [0.15, 0.2) is 12.3 Å². The third kappa shape index (κ3) is 2.14. The summed E-state index contributed by atoms with van der Waals surface area (Å²) in [6.07, 6.45) is -3.66. The van der Waals surface area contributed by atoms with Crippen LogP contribution in [0, 0.1) is 0 Å². The molecule has 1 saturated heterocycles. The van der Waals surface area contributed by atoms with E-state index in [0.717, 1.165) is 0 Å². The van der Waals surface area contributed by atoms with Crippen LogP contribution in [-0.4, -0.2) is 87.6 Å². The molecule has 120 valence electrons. The van der Waals surface area contributed by atoms with Gasteiger partial charge < -0.3 is 30.7 Å². The SMILES string of the molecule is NC1=NC(=O)C2N=CN([C@@H]3O[C@H](CO)[C@@H](O)[C@H]3O)C2C(=O)N1. The van der Waals surface area contributed by atoms with Gasteiger partial charge in [0, 0.05) is 0 Å². The molecule has 3 rings (SSSR count). The lowest BCUT2D eigenvalue weighted by Gasteiger charge is -2.31. The van der Waals surface area contributed by atoms with Crippen molar-refractivity contribution in [2.24, 2.45) is 15.7 Å². The Morgan fingerprint density at radius 2 is 2.09 bits per heavy atom. The predicted octanol–water partition coefficient (Wildman–Crippen LogP) is -4.52. The standard InChI is InChI=1S/C11H15N5O6/c12-11-14-8(20)4-5(9(21)15-11)16(2-13-4)10-7(19)6(18)3(1-17)22-10/h2-7,10,17-19H,1H2,(H3,12,14,15,20,21)/t3-,4?,5?,6-,7-,10-/m1/s1. The Labute approximate surface area is 124 Å². The number of amides is 2. The van der Waals surface area contributed by atoms with E-state index in [1.54, 1.807) is 0 Å². The maximum Gasteiger partial charge on any atom is 0.276 e. The minimum Gasteiger partial charge on any atom is -0.394 e. The van der Waals surface area contributed by atoms with Gasteiger partial charge in [0.2, 0.25) is 5.96 Å². The quantitative estimate of drug-likeness (QED) is 0.339. The first-order chi connectivity index (χ1) is 10.4. The van der Waals surface area contributed by atoms with E-state index >= 15 is 0 Å². The maximum atomic E-state index is 12.2. The minimum atomic E-state index is -1.38. The van der Waals surface area contributed by atoms with Gasteiger partial charge in [0.05, 0.1) is 12.9 Å². The Morgan fingerprint density at radius 3 is 2.73 bits per heavy atom. The fourth-order valence-corrected chi connectivity index (χ4v) is 2.71. The summed E-state index contributed by atoms with van der Waals surface area (Å²) in [5.41, 5.74) is 5.38. The summed E-state index contributed by atoms with van der Waals surface area (Å²) in [5.74, 6) is -1.67. The summed E-state index contributed by atoms with van der Waals surface area (Å²) < 4.78 is 5.34. The molecule has 0 aliphatic carbocycles. The van der Waals surface area contributed by atoms with E-state index in [9.17, 15) is 19.8 Å². The number of rotatable bonds is 2. The zero-order chi connectivity index (χ0) is 16.0. The lowest BCUT2D eigenvalue weighted by Crippen LogP contribution is -2.56. The molecule has 0 spiro atoms. The van der Waals surface area contributed by atoms with Crippen LogP contribution in [0.3, 0.4) is 0 Å². The van der Waals surface area contributed by atoms with Gasteiger partial charge in [-0.15, -0.1) is 0 Å². The molecule has 6 N–H and O–H groups in total. The molecule has 0 saturated carbocycles. The molecule has 2 amide bonds. The number of hydrogen-bond acceptors (Lipinski definition) is 9. The molecule has 0 aromatic heterocycles. The van der Waals surface area contributed by atoms with Crippen molar-refractivity contribution >= 4 is 24.1 Å². The zero-order valence-corrected chi connectivity index (χ0v) is 11.2. The van der Waals surface area contributed by atoms with Crippen LogP contribution in [0.2, 0.25) is 0 Å². The lowest BCUT2D eigenvalue weighted by atomic mass is 10.1. The van der Waals surface area contributed by atoms with Crippen LogP contribution in [0.25, 0.3) is 0 Å². The van der Waals surface area contributed by atoms with Crippen molar-refractivity contribution in [3.05, 3.63) is 0 Å². The first-order valence-corrected chi connectivity index (χ1v) is 6.56. The van der Waals surface area contributed by atoms with E-state index in [1.165, 1.54) is 11.2 Å². The molecule has 3 aliphatic rings. The molecule has 0 radical (unpaired) electrons. The zero-order valence-electron chi connectivity index (χ0n) is 11.2. The molecular formula is C11H15N5O6. The van der Waals surface area contributed by atoms with Crippen LogP contribution in [0.5, 0.6) is 0 Å². The number of carbonyl (C=O) groups is 2. The van der Waals surface area contributed by atoms with Crippen molar-refractivity contribution in [1.29, 1.82) is 0 Å². The average Bonchev–Trinajstić information content (AvgIpc) is 2.98. The number of nitrogens with zero attached hydrogens (tertiary/aromatic N) is 3. The van der Waals surface area contributed by atoms with Crippen molar-refractivity contribution in [3.8, 4) is 0 Å². The molecule has 6 atom stereocenters. The Bertz CT molecular complexity index is 565. The summed E-state index contributed by atoms with van der Waals surface area (Å²) in [6, 6.07) is -2.22. The lowest BCUT2D eigenvalue weighted by molar-refractivity contribution is -0.134. The third-order valence-electron chi connectivity index (χ3n) is 3.80. The fraction of sp³-hybridized carbons (Fsp3) is 0.636. The second kappa shape index (κ2) is 5.28. The highest BCUT2D eigenvalue weighted by molar-refractivity contribution is 6.10. The minimum absolute atomic E-state index is 0.333. The Morgan fingerprint density at radius 1 is 1.36 bits per heavy atom. The number of nitrogens with one attached hydrogen (secondary N) is 1. The number of hydrogen-bond donors (Lipinski definition) is 5. The van der Waals surface area contributed by atoms with Gasteiger partial charge in [0.25, 0.3) is 11.8 Å². The normalized spacial score (nSPS) is 41.2. The highest BCUT2D eigenvalue weighted by Gasteiger charge is 2.52. The third-order valence-corrected chi connectivity index (χ3v) is 3.80. The van der Waals surface area contributed by atoms with Crippen LogP contribution >= 0.6 is 0 Å². The number of nitrogens with two attached hydrogens (primary N) is 1. The van der Waals surface area contributed by atoms with Gasteiger partial charge >= 0.3 is 0 Å². The fourth-order valence-electron chi connectivity index (χ4n) is 2.71. The monoisotopic (exact) mass is 313 g/mol. The molecule has 0 aromatic carbocycles. The maximum absolute atomic E-state index is 12.2. The van der Waals surface area contributed by atoms with Crippen LogP contribution in [0.15, 0.2) is 9.98 Å². The van der Waals surface area contributed by atoms with E-state index in [4.69, 9.17) is 15.6 Å². The number of aliphatic hydroxyl groups excluding tert-OH is 3. The van der Waals surface area contributed by atoms with Crippen LogP contribution < -0.4 is 11.1 Å². The predicted molar refractivity (Wildman–Crippen MR) is 70.4 cm³/mol. The topological polar surface area (TPSA) is 170 Å². The molecule has 0 aromatic rings. The first-order valence-electron chi connectivity index (χ1n) is 6.56. The number of carbonyl (C=O) groups excluding carboxylic acids is 2. The highest BCUT2D eigenvalue weighted by atomic mass is 16.6. The highest BCUT2D eigenvalue weighted by Crippen LogP contribution is 2.29. The molecule has 1 fully saturated rings. The Balaban J connectivity index is 1.87. The number of guanidine groups is 1. The van der Waals surface area contributed by atoms with E-state index < -0.39 is 55.0 Å². The van der Waals surface area contributed by atoms with Crippen LogP contribution in [0.4, 0.5) is 0 Å². The molecule has 0 bridgehead atoms. The summed E-state index contributed by atoms with van der Waals surface area (Å²) >= 11 is 0. The largest absolute Gasteiger partial charge is 0.394 e. The van der Waals surface area contributed by atoms with Crippen molar-refractivity contribution < 1.29 is 29.6 Å². The van der Waals surface area contributed by atoms with Crippen molar-refractivity contribution in [1.82, 2.24) is 10.2 Å². The number of fused-ring (bicyclic) bond motifs is 1. The number of aliphatic imine (C=N–C) groups is 2. The van der Waals surface area contributed by atoms with E-state index in [2.05, 4.69) is 15.3 Å². The second-order valence-corrected chi connectivity index (χ2v) is 5.15. The van der Waals surface area contributed by atoms with Gasteiger partial charge in [-0.2, -0.15) is 4.99 Å². The summed E-state index contributed by atoms with van der Waals surface area (Å²) in [4.78, 5) is 32.7. The molecule has 22 heavy (non-hydrogen) atoms. The van der Waals surface area contributed by atoms with Gasteiger partial charge in [-0.25, -0.2) is 0 Å². The molecular weight excluding hydrogens is 298 g/mol. The molecule has 11 heteroatoms. The van der Waals surface area contributed by atoms with Crippen molar-refractivity contribution in [2.75, 3.05) is 6.61 Å². The summed E-state index contributed by atoms with van der Waals surface area (Å²) in [7, 11) is 0. The number of ether oxygens (including phenoxy) is 1. The van der Waals surface area contributed by atoms with Gasteiger partial charge in [-0.1, -0.05) is 0 Å². The summed E-state index contributed by atoms with van der Waals surface area (Å²) in [5, 5.41) is 31.2. The molecule has 3 aliphatic heterocycles. The van der Waals surface area contributed by atoms with Crippen molar-refractivity contribution in [3.63, 3.8) is 0 Å². The molecule has 3 heterocycles. The molecule has 11 nitrogen and oxygen atoms in total. The Kier molecular flexibility index (Phi) is 3.56. The number of aliphatic hydroxyl groups is 3. The van der Waals surface area contributed by atoms with Crippen LogP contribution in [0.1, 0.15) is 0 Å². The first kappa shape index (κ1) is 14.8. The van der Waals surface area contributed by atoms with Gasteiger partial charge in [0.1, 0.15) is 24.4 Å². The van der Waals surface area contributed by atoms with E-state index in [0.29, 0.717) is 0 Å². The van der Waals surface area contributed by atoms with E-state index in [-0.39, 0.29) is 5.96 Å². The Hall–Kier alpha value is -2.08. The average molecular weight is 313 g/mol. The molecule has 2 unspecified atom stereocenters. The van der Waals surface area contributed by atoms with Crippen molar-refractivity contribution in [2.45, 2.75) is 36.6 Å².